The first-order valence-corrected chi connectivity index (χ1v) is 6.95. The lowest BCUT2D eigenvalue weighted by molar-refractivity contribution is -0.119. The fourth-order valence-electron chi connectivity index (χ4n) is 1.33. The van der Waals surface area contributed by atoms with Crippen molar-refractivity contribution in [2.24, 2.45) is 5.92 Å². The molecule has 4 heteroatoms. The van der Waals surface area contributed by atoms with Crippen LogP contribution in [0.2, 0.25) is 0 Å². The summed E-state index contributed by atoms with van der Waals surface area (Å²) in [5, 5.41) is 0. The molecule has 2 atom stereocenters. The first-order valence-electron chi connectivity index (χ1n) is 5.63. The molecule has 17 heavy (non-hydrogen) atoms. The van der Waals surface area contributed by atoms with Crippen LogP contribution in [-0.2, 0) is 15.6 Å². The van der Waals surface area contributed by atoms with E-state index in [-0.39, 0.29) is 17.5 Å². The monoisotopic (exact) mass is 254 g/mol. The number of rotatable bonds is 6. The van der Waals surface area contributed by atoms with Gasteiger partial charge in [-0.3, -0.25) is 9.00 Å². The average Bonchev–Trinajstić information content (AvgIpc) is 2.37. The summed E-state index contributed by atoms with van der Waals surface area (Å²) in [6.07, 6.45) is 0.786. The molecule has 0 aliphatic heterocycles. The van der Waals surface area contributed by atoms with E-state index in [4.69, 9.17) is 4.74 Å². The van der Waals surface area contributed by atoms with Crippen LogP contribution in [0.5, 0.6) is 5.75 Å². The van der Waals surface area contributed by atoms with Gasteiger partial charge in [0.1, 0.15) is 11.5 Å². The second-order valence-electron chi connectivity index (χ2n) is 3.94. The fourth-order valence-corrected chi connectivity index (χ4v) is 2.51. The lowest BCUT2D eigenvalue weighted by Gasteiger charge is -2.08. The minimum absolute atomic E-state index is 0.0236. The molecule has 1 aromatic carbocycles. The molecular weight excluding hydrogens is 236 g/mol. The number of ketones is 1. The van der Waals surface area contributed by atoms with E-state index in [2.05, 4.69) is 0 Å². The van der Waals surface area contributed by atoms with Crippen molar-refractivity contribution in [3.8, 4) is 5.75 Å². The molecule has 0 aliphatic rings. The maximum absolute atomic E-state index is 12.0. The van der Waals surface area contributed by atoms with Crippen molar-refractivity contribution in [2.45, 2.75) is 25.2 Å². The van der Waals surface area contributed by atoms with Gasteiger partial charge in [-0.15, -0.1) is 0 Å². The Morgan fingerprint density at radius 3 is 2.76 bits per heavy atom. The van der Waals surface area contributed by atoms with Crippen molar-refractivity contribution in [2.75, 3.05) is 12.9 Å². The normalized spacial score (nSPS) is 14.1. The largest absolute Gasteiger partial charge is 0.497 e. The first-order chi connectivity index (χ1) is 8.08. The summed E-state index contributed by atoms with van der Waals surface area (Å²) in [4.78, 5) is 12.3. The zero-order valence-corrected chi connectivity index (χ0v) is 11.3. The standard InChI is InChI=1S/C13H18O3S/c1-4-10(2)13(14)9-17(15)12-7-5-6-11(8-12)16-3/h5-8,10H,4,9H2,1-3H3. The van der Waals surface area contributed by atoms with Gasteiger partial charge >= 0.3 is 0 Å². The maximum Gasteiger partial charge on any atom is 0.148 e. The lowest BCUT2D eigenvalue weighted by Crippen LogP contribution is -2.18. The molecule has 3 nitrogen and oxygen atoms in total. The van der Waals surface area contributed by atoms with Crippen molar-refractivity contribution < 1.29 is 13.7 Å². The smallest absolute Gasteiger partial charge is 0.148 e. The number of benzene rings is 1. The zero-order valence-electron chi connectivity index (χ0n) is 10.4. The highest BCUT2D eigenvalue weighted by Crippen LogP contribution is 2.16. The van der Waals surface area contributed by atoms with Gasteiger partial charge in [-0.2, -0.15) is 0 Å². The number of Topliss-reactive ketones (excluding diaryl/α,β-unsaturated/α-hetero) is 1. The van der Waals surface area contributed by atoms with E-state index in [1.165, 1.54) is 0 Å². The number of carbonyl (C=O) groups is 1. The number of carbonyl (C=O) groups excluding carboxylic acids is 1. The topological polar surface area (TPSA) is 43.4 Å². The van der Waals surface area contributed by atoms with Gasteiger partial charge in [-0.1, -0.05) is 19.9 Å². The van der Waals surface area contributed by atoms with E-state index in [0.717, 1.165) is 6.42 Å². The van der Waals surface area contributed by atoms with E-state index in [1.807, 2.05) is 13.8 Å². The first kappa shape index (κ1) is 13.9. The van der Waals surface area contributed by atoms with E-state index in [9.17, 15) is 9.00 Å². The molecule has 0 fully saturated rings. The Balaban J connectivity index is 2.73. The minimum Gasteiger partial charge on any atom is -0.497 e. The molecule has 0 N–H and O–H groups in total. The van der Waals surface area contributed by atoms with Gasteiger partial charge in [0.25, 0.3) is 0 Å². The Morgan fingerprint density at radius 1 is 1.47 bits per heavy atom. The van der Waals surface area contributed by atoms with Gasteiger partial charge in [0, 0.05) is 10.8 Å². The van der Waals surface area contributed by atoms with Gasteiger partial charge in [-0.05, 0) is 24.6 Å². The molecular formula is C13H18O3S. The molecule has 1 aromatic rings. The predicted molar refractivity (Wildman–Crippen MR) is 68.7 cm³/mol. The summed E-state index contributed by atoms with van der Waals surface area (Å²) in [5.41, 5.74) is 0. The van der Waals surface area contributed by atoms with Crippen LogP contribution in [-0.4, -0.2) is 22.9 Å². The third kappa shape index (κ3) is 3.97. The van der Waals surface area contributed by atoms with Crippen LogP contribution in [0, 0.1) is 5.92 Å². The molecule has 1 rings (SSSR count). The van der Waals surface area contributed by atoms with Crippen molar-refractivity contribution in [3.63, 3.8) is 0 Å². The average molecular weight is 254 g/mol. The van der Waals surface area contributed by atoms with Gasteiger partial charge in [0.15, 0.2) is 0 Å². The Labute approximate surface area is 105 Å². The Morgan fingerprint density at radius 2 is 2.18 bits per heavy atom. The van der Waals surface area contributed by atoms with Crippen LogP contribution in [0.3, 0.4) is 0 Å². The van der Waals surface area contributed by atoms with Crippen molar-refractivity contribution in [1.82, 2.24) is 0 Å². The highest BCUT2D eigenvalue weighted by molar-refractivity contribution is 7.85. The van der Waals surface area contributed by atoms with Gasteiger partial charge in [-0.25, -0.2) is 0 Å². The van der Waals surface area contributed by atoms with Crippen molar-refractivity contribution in [1.29, 1.82) is 0 Å². The van der Waals surface area contributed by atoms with Crippen LogP contribution in [0.15, 0.2) is 29.2 Å². The Bertz CT molecular complexity index is 415. The summed E-state index contributed by atoms with van der Waals surface area (Å²) >= 11 is 0. The number of methoxy groups -OCH3 is 1. The van der Waals surface area contributed by atoms with E-state index >= 15 is 0 Å². The third-order valence-corrected chi connectivity index (χ3v) is 4.07. The maximum atomic E-state index is 12.0. The fraction of sp³-hybridized carbons (Fsp3) is 0.462. The molecule has 94 valence electrons. The minimum atomic E-state index is -1.28. The van der Waals surface area contributed by atoms with Gasteiger partial charge in [0.2, 0.25) is 0 Å². The molecule has 0 heterocycles. The predicted octanol–water partition coefficient (Wildman–Crippen LogP) is 2.42. The third-order valence-electron chi connectivity index (χ3n) is 2.74. The molecule has 0 aliphatic carbocycles. The summed E-state index contributed by atoms with van der Waals surface area (Å²) in [5.74, 6) is 0.771. The molecule has 2 unspecified atom stereocenters. The van der Waals surface area contributed by atoms with Crippen LogP contribution in [0.1, 0.15) is 20.3 Å². The van der Waals surface area contributed by atoms with E-state index < -0.39 is 10.8 Å². The number of hydrogen-bond donors (Lipinski definition) is 0. The van der Waals surface area contributed by atoms with Gasteiger partial charge < -0.3 is 4.74 Å². The summed E-state index contributed by atoms with van der Waals surface area (Å²) in [6.45, 7) is 3.82. The SMILES string of the molecule is CCC(C)C(=O)CS(=O)c1cccc(OC)c1. The second-order valence-corrected chi connectivity index (χ2v) is 5.40. The molecule has 0 bridgehead atoms. The molecule has 0 aromatic heterocycles. The zero-order chi connectivity index (χ0) is 12.8. The quantitative estimate of drug-likeness (QED) is 0.783. The molecule has 0 radical (unpaired) electrons. The molecule has 0 saturated heterocycles. The summed E-state index contributed by atoms with van der Waals surface area (Å²) < 4.78 is 17.0. The highest BCUT2D eigenvalue weighted by Gasteiger charge is 2.15. The Kier molecular flexibility index (Phi) is 5.35. The summed E-state index contributed by atoms with van der Waals surface area (Å²) in [6, 6.07) is 7.03. The van der Waals surface area contributed by atoms with Crippen LogP contribution >= 0.6 is 0 Å². The van der Waals surface area contributed by atoms with Crippen LogP contribution in [0.4, 0.5) is 0 Å². The molecule has 0 amide bonds. The van der Waals surface area contributed by atoms with Crippen molar-refractivity contribution in [3.05, 3.63) is 24.3 Å². The van der Waals surface area contributed by atoms with Crippen LogP contribution < -0.4 is 4.74 Å². The number of ether oxygens (including phenoxy) is 1. The number of hydrogen-bond acceptors (Lipinski definition) is 3. The van der Waals surface area contributed by atoms with E-state index in [1.54, 1.807) is 31.4 Å². The lowest BCUT2D eigenvalue weighted by atomic mass is 10.1. The Hall–Kier alpha value is -1.16. The molecule has 0 spiro atoms. The van der Waals surface area contributed by atoms with E-state index in [0.29, 0.717) is 10.6 Å². The molecule has 0 saturated carbocycles. The van der Waals surface area contributed by atoms with Crippen LogP contribution in [0.25, 0.3) is 0 Å². The highest BCUT2D eigenvalue weighted by atomic mass is 32.2. The second kappa shape index (κ2) is 6.55. The summed E-state index contributed by atoms with van der Waals surface area (Å²) in [7, 11) is 0.285. The van der Waals surface area contributed by atoms with Gasteiger partial charge in [0.05, 0.1) is 23.7 Å². The van der Waals surface area contributed by atoms with Crippen molar-refractivity contribution >= 4 is 16.6 Å².